The van der Waals surface area contributed by atoms with Crippen LogP contribution in [0.4, 0.5) is 0 Å². The zero-order chi connectivity index (χ0) is 14.4. The van der Waals surface area contributed by atoms with Gasteiger partial charge in [0.1, 0.15) is 12.2 Å². The second-order valence-electron chi connectivity index (χ2n) is 4.31. The van der Waals surface area contributed by atoms with E-state index in [4.69, 9.17) is 4.52 Å². The fraction of sp³-hybridized carbons (Fsp3) is 0.125. The molecule has 0 atom stereocenters. The van der Waals surface area contributed by atoms with Gasteiger partial charge in [0, 0.05) is 10.6 Å². The van der Waals surface area contributed by atoms with Crippen LogP contribution in [0.15, 0.2) is 60.7 Å². The van der Waals surface area contributed by atoms with Gasteiger partial charge in [-0.2, -0.15) is 0 Å². The molecule has 0 saturated heterocycles. The van der Waals surface area contributed by atoms with Crippen molar-refractivity contribution in [3.05, 3.63) is 60.7 Å². The minimum atomic E-state index is -1.22. The Balaban J connectivity index is 2.26. The highest BCUT2D eigenvalue weighted by Crippen LogP contribution is 2.35. The molecule has 0 amide bonds. The summed E-state index contributed by atoms with van der Waals surface area (Å²) in [5.74, 6) is -0.664. The number of hydrogen-bond donors (Lipinski definition) is 0. The molecular weight excluding hydrogens is 271 g/mol. The number of carbonyl (C=O) groups excluding carboxylic acids is 2. The highest BCUT2D eigenvalue weighted by molar-refractivity contribution is 7.69. The minimum absolute atomic E-state index is 0.182. The maximum atomic E-state index is 11.8. The topological polar surface area (TPSA) is 43.4 Å². The van der Waals surface area contributed by atoms with E-state index in [9.17, 15) is 9.59 Å². The monoisotopic (exact) mass is 286 g/mol. The van der Waals surface area contributed by atoms with Crippen LogP contribution in [0.2, 0.25) is 0 Å². The number of carbonyl (C=O) groups is 2. The maximum Gasteiger partial charge on any atom is 0.316 e. The van der Waals surface area contributed by atoms with Crippen LogP contribution in [-0.2, 0) is 14.1 Å². The van der Waals surface area contributed by atoms with E-state index in [1.165, 1.54) is 6.92 Å². The van der Waals surface area contributed by atoms with Crippen LogP contribution in [0.25, 0.3) is 0 Å². The van der Waals surface area contributed by atoms with E-state index < -0.39 is 14.1 Å². The molecule has 3 nitrogen and oxygen atoms in total. The molecule has 0 fully saturated rings. The number of ketones is 1. The summed E-state index contributed by atoms with van der Waals surface area (Å²) in [6.07, 6.45) is -0.182. The van der Waals surface area contributed by atoms with Gasteiger partial charge in [0.25, 0.3) is 0 Å². The fourth-order valence-corrected chi connectivity index (χ4v) is 3.38. The summed E-state index contributed by atoms with van der Waals surface area (Å²) in [5, 5.41) is 1.90. The summed E-state index contributed by atoms with van der Waals surface area (Å²) in [6, 6.07) is 19.2. The fourth-order valence-electron chi connectivity index (χ4n) is 1.72. The van der Waals surface area contributed by atoms with Gasteiger partial charge in [-0.15, -0.1) is 0 Å². The highest BCUT2D eigenvalue weighted by Gasteiger charge is 2.20. The standard InChI is InChI=1S/C16H15O3P/c1-13(17)12-16(18)19-20(14-8-4-2-5-9-14)15-10-6-3-7-11-15/h2-11H,12H2,1H3. The van der Waals surface area contributed by atoms with Crippen LogP contribution in [-0.4, -0.2) is 11.8 Å². The summed E-state index contributed by atoms with van der Waals surface area (Å²) in [7, 11) is -1.22. The molecule has 0 aliphatic heterocycles. The molecule has 0 aromatic heterocycles. The number of rotatable bonds is 5. The summed E-state index contributed by atoms with van der Waals surface area (Å²) in [6.45, 7) is 1.38. The van der Waals surface area contributed by atoms with E-state index in [2.05, 4.69) is 0 Å². The van der Waals surface area contributed by atoms with Gasteiger partial charge >= 0.3 is 5.97 Å². The molecular formula is C16H15O3P. The molecule has 0 saturated carbocycles. The Bertz CT molecular complexity index is 542. The van der Waals surface area contributed by atoms with Crippen molar-refractivity contribution in [1.29, 1.82) is 0 Å². The lowest BCUT2D eigenvalue weighted by Crippen LogP contribution is -2.17. The van der Waals surface area contributed by atoms with Crippen molar-refractivity contribution in [2.75, 3.05) is 0 Å². The number of benzene rings is 2. The smallest absolute Gasteiger partial charge is 0.316 e. The lowest BCUT2D eigenvalue weighted by atomic mass is 10.3. The molecule has 0 spiro atoms. The predicted octanol–water partition coefficient (Wildman–Crippen LogP) is 2.56. The quantitative estimate of drug-likeness (QED) is 0.626. The normalized spacial score (nSPS) is 10.3. The molecule has 0 heterocycles. The Labute approximate surface area is 119 Å². The van der Waals surface area contributed by atoms with Gasteiger partial charge in [-0.25, -0.2) is 0 Å². The van der Waals surface area contributed by atoms with E-state index in [1.807, 2.05) is 60.7 Å². The Hall–Kier alpha value is -1.99. The second-order valence-corrected chi connectivity index (χ2v) is 6.11. The summed E-state index contributed by atoms with van der Waals surface area (Å²) < 4.78 is 5.54. The third-order valence-electron chi connectivity index (χ3n) is 2.57. The molecule has 102 valence electrons. The molecule has 4 heteroatoms. The SMILES string of the molecule is CC(=O)CC(=O)OP(c1ccccc1)c1ccccc1. The van der Waals surface area contributed by atoms with Crippen LogP contribution >= 0.6 is 8.15 Å². The van der Waals surface area contributed by atoms with Crippen molar-refractivity contribution >= 4 is 30.5 Å². The van der Waals surface area contributed by atoms with Crippen molar-refractivity contribution in [2.45, 2.75) is 13.3 Å². The van der Waals surface area contributed by atoms with Gasteiger partial charge in [-0.1, -0.05) is 60.7 Å². The largest absolute Gasteiger partial charge is 0.435 e. The first kappa shape index (κ1) is 14.4. The Morgan fingerprint density at radius 2 is 1.35 bits per heavy atom. The molecule has 2 rings (SSSR count). The molecule has 0 bridgehead atoms. The van der Waals surface area contributed by atoms with Crippen molar-refractivity contribution in [2.24, 2.45) is 0 Å². The lowest BCUT2D eigenvalue weighted by molar-refractivity contribution is -0.136. The van der Waals surface area contributed by atoms with Gasteiger partial charge in [-0.05, 0) is 6.92 Å². The van der Waals surface area contributed by atoms with E-state index in [1.54, 1.807) is 0 Å². The van der Waals surface area contributed by atoms with Gasteiger partial charge in [-0.3, -0.25) is 9.59 Å². The van der Waals surface area contributed by atoms with Gasteiger partial charge < -0.3 is 4.52 Å². The molecule has 2 aromatic carbocycles. The van der Waals surface area contributed by atoms with E-state index in [-0.39, 0.29) is 12.2 Å². The summed E-state index contributed by atoms with van der Waals surface area (Å²) in [4.78, 5) is 22.8. The third-order valence-corrected chi connectivity index (χ3v) is 4.49. The first-order chi connectivity index (χ1) is 9.66. The molecule has 0 radical (unpaired) electrons. The summed E-state index contributed by atoms with van der Waals surface area (Å²) >= 11 is 0. The zero-order valence-electron chi connectivity index (χ0n) is 11.2. The molecule has 20 heavy (non-hydrogen) atoms. The van der Waals surface area contributed by atoms with E-state index >= 15 is 0 Å². The first-order valence-corrected chi connectivity index (χ1v) is 7.53. The van der Waals surface area contributed by atoms with Crippen LogP contribution < -0.4 is 10.6 Å². The van der Waals surface area contributed by atoms with Crippen molar-refractivity contribution in [1.82, 2.24) is 0 Å². The van der Waals surface area contributed by atoms with Gasteiger partial charge in [0.15, 0.2) is 8.15 Å². The average Bonchev–Trinajstić information content (AvgIpc) is 2.46. The van der Waals surface area contributed by atoms with Crippen LogP contribution in [0.1, 0.15) is 13.3 Å². The maximum absolute atomic E-state index is 11.8. The first-order valence-electron chi connectivity index (χ1n) is 6.27. The average molecular weight is 286 g/mol. The molecule has 2 aromatic rings. The third kappa shape index (κ3) is 4.01. The number of hydrogen-bond acceptors (Lipinski definition) is 3. The second kappa shape index (κ2) is 6.97. The Kier molecular flexibility index (Phi) is 5.03. The van der Waals surface area contributed by atoms with Crippen LogP contribution in [0.3, 0.4) is 0 Å². The van der Waals surface area contributed by atoms with Crippen molar-refractivity contribution in [3.8, 4) is 0 Å². The molecule has 0 N–H and O–H groups in total. The molecule has 0 unspecified atom stereocenters. The van der Waals surface area contributed by atoms with E-state index in [0.29, 0.717) is 0 Å². The van der Waals surface area contributed by atoms with Crippen molar-refractivity contribution in [3.63, 3.8) is 0 Å². The Morgan fingerprint density at radius 3 is 1.75 bits per heavy atom. The van der Waals surface area contributed by atoms with Gasteiger partial charge in [0.05, 0.1) is 0 Å². The minimum Gasteiger partial charge on any atom is -0.435 e. The van der Waals surface area contributed by atoms with Crippen molar-refractivity contribution < 1.29 is 14.1 Å². The summed E-state index contributed by atoms with van der Waals surface area (Å²) in [5.41, 5.74) is 0. The van der Waals surface area contributed by atoms with Crippen LogP contribution in [0, 0.1) is 0 Å². The zero-order valence-corrected chi connectivity index (χ0v) is 12.0. The predicted molar refractivity (Wildman–Crippen MR) is 80.5 cm³/mol. The van der Waals surface area contributed by atoms with E-state index in [0.717, 1.165) is 10.6 Å². The highest BCUT2D eigenvalue weighted by atomic mass is 31.1. The Morgan fingerprint density at radius 1 is 0.900 bits per heavy atom. The van der Waals surface area contributed by atoms with Gasteiger partial charge in [0.2, 0.25) is 0 Å². The van der Waals surface area contributed by atoms with Crippen LogP contribution in [0.5, 0.6) is 0 Å². The molecule has 0 aliphatic carbocycles. The lowest BCUT2D eigenvalue weighted by Gasteiger charge is -2.17. The molecule has 0 aliphatic rings. The number of Topliss-reactive ketones (excluding diaryl/α,β-unsaturated/α-hetero) is 1.